The molecule has 0 spiro atoms. The number of hydrogen-bond donors (Lipinski definition) is 2. The Labute approximate surface area is 202 Å². The summed E-state index contributed by atoms with van der Waals surface area (Å²) in [7, 11) is 0. The zero-order valence-corrected chi connectivity index (χ0v) is 22.0. The first-order valence-corrected chi connectivity index (χ1v) is 14.4. The maximum atomic E-state index is 12.7. The van der Waals surface area contributed by atoms with E-state index < -0.39 is 11.7 Å². The van der Waals surface area contributed by atoms with Crippen LogP contribution in [0.2, 0.25) is 0 Å². The highest BCUT2D eigenvalue weighted by molar-refractivity contribution is 5.81. The number of ketones is 1. The van der Waals surface area contributed by atoms with Gasteiger partial charge < -0.3 is 10.2 Å². The van der Waals surface area contributed by atoms with Crippen LogP contribution in [0.15, 0.2) is 0 Å². The molecule has 188 valence electrons. The zero-order valence-electron chi connectivity index (χ0n) is 22.0. The Kier molecular flexibility index (Phi) is 6.13. The number of rotatable bonds is 5. The lowest BCUT2D eigenvalue weighted by Gasteiger charge is -2.68. The Hall–Kier alpha value is -0.410. The molecule has 2 N–H and O–H groups in total. The topological polar surface area (TPSA) is 57.5 Å². The number of Topliss-reactive ketones (excluding diaryl/α,β-unsaturated/α-hetero) is 1. The lowest BCUT2D eigenvalue weighted by atomic mass is 9.38. The number of aliphatic hydroxyl groups is 2. The molecule has 5 saturated carbocycles. The smallest absolute Gasteiger partial charge is 0.136 e. The summed E-state index contributed by atoms with van der Waals surface area (Å²) in [6.07, 6.45) is 12.4. The first-order chi connectivity index (χ1) is 15.5. The van der Waals surface area contributed by atoms with Crippen LogP contribution in [0.25, 0.3) is 0 Å². The van der Waals surface area contributed by atoms with Crippen LogP contribution in [-0.4, -0.2) is 27.7 Å². The lowest BCUT2D eigenvalue weighted by Crippen LogP contribution is -2.68. The van der Waals surface area contributed by atoms with Crippen LogP contribution in [0, 0.1) is 58.2 Å². The molecular weight excluding hydrogens is 408 g/mol. The second kappa shape index (κ2) is 8.32. The largest absolute Gasteiger partial charge is 0.393 e. The Morgan fingerprint density at radius 1 is 0.939 bits per heavy atom. The van der Waals surface area contributed by atoms with Gasteiger partial charge in [-0.2, -0.15) is 0 Å². The van der Waals surface area contributed by atoms with E-state index in [0.29, 0.717) is 36.0 Å². The van der Waals surface area contributed by atoms with Crippen molar-refractivity contribution in [2.45, 2.75) is 123 Å². The first kappa shape index (κ1) is 24.3. The van der Waals surface area contributed by atoms with Gasteiger partial charge in [-0.05, 0) is 103 Å². The maximum absolute atomic E-state index is 12.7. The third-order valence-corrected chi connectivity index (χ3v) is 12.2. The van der Waals surface area contributed by atoms with E-state index in [-0.39, 0.29) is 23.0 Å². The molecule has 5 aliphatic rings. The van der Waals surface area contributed by atoms with E-state index in [2.05, 4.69) is 34.6 Å². The molecule has 0 radical (unpaired) electrons. The van der Waals surface area contributed by atoms with Crippen molar-refractivity contribution in [2.24, 2.45) is 58.2 Å². The molecule has 0 heterocycles. The fraction of sp³-hybridized carbons (Fsp3) is 0.967. The van der Waals surface area contributed by atoms with Crippen LogP contribution in [0.3, 0.4) is 0 Å². The van der Waals surface area contributed by atoms with Crippen molar-refractivity contribution in [3.05, 3.63) is 0 Å². The molecule has 3 nitrogen and oxygen atoms in total. The lowest BCUT2D eigenvalue weighted by molar-refractivity contribution is -0.247. The minimum atomic E-state index is -0.892. The highest BCUT2D eigenvalue weighted by Crippen LogP contribution is 2.71. The number of carbonyl (C=O) groups is 1. The molecule has 0 unspecified atom stereocenters. The molecule has 0 amide bonds. The van der Waals surface area contributed by atoms with Gasteiger partial charge >= 0.3 is 0 Å². The molecule has 0 aromatic carbocycles. The number of fused-ring (bicyclic) bond motifs is 4. The molecule has 0 aromatic rings. The first-order valence-electron chi connectivity index (χ1n) is 14.4. The van der Waals surface area contributed by atoms with Crippen LogP contribution in [-0.2, 0) is 4.79 Å². The maximum Gasteiger partial charge on any atom is 0.136 e. The van der Waals surface area contributed by atoms with Crippen LogP contribution < -0.4 is 0 Å². The predicted octanol–water partition coefficient (Wildman–Crippen LogP) is 6.40. The highest BCUT2D eigenvalue weighted by Gasteiger charge is 2.69. The van der Waals surface area contributed by atoms with Gasteiger partial charge in [-0.15, -0.1) is 0 Å². The third-order valence-electron chi connectivity index (χ3n) is 12.2. The molecule has 0 aromatic heterocycles. The molecule has 5 fully saturated rings. The number of aliphatic hydroxyl groups excluding tert-OH is 1. The van der Waals surface area contributed by atoms with Gasteiger partial charge in [0.15, 0.2) is 0 Å². The SMILES string of the molecule is CC(C)CCC[C@@H](C)[C@H]1CC[C@H]2[C@@H]3C[C@]4(O)CC(=O)C[C@@H]5[C@H](O)CC[C@@](C)([C@H]54)[C@H]3CC[C@]12C. The standard InChI is InChI=1S/C30H50O3/c1-18(2)7-6-8-19(3)23-9-10-24-22-17-30(33)16-20(31)15-21-26(32)12-14-29(5,27(21)30)25(22)11-13-28(23,24)4/h18-19,21-27,32-33H,6-17H2,1-5H3/t19-,21-,22+,23-,24+,25+,26-,27+,28-,29-,30-/m1/s1. The van der Waals surface area contributed by atoms with Gasteiger partial charge in [-0.1, -0.05) is 53.9 Å². The third kappa shape index (κ3) is 3.69. The summed E-state index contributed by atoms with van der Waals surface area (Å²) in [6.45, 7) is 12.2. The monoisotopic (exact) mass is 458 g/mol. The van der Waals surface area contributed by atoms with Crippen molar-refractivity contribution in [1.29, 1.82) is 0 Å². The normalized spacial score (nSPS) is 52.2. The Balaban J connectivity index is 1.41. The van der Waals surface area contributed by atoms with Gasteiger partial charge in [0.05, 0.1) is 11.7 Å². The van der Waals surface area contributed by atoms with Gasteiger partial charge in [-0.25, -0.2) is 0 Å². The second-order valence-electron chi connectivity index (χ2n) is 14.4. The average Bonchev–Trinajstić information content (AvgIpc) is 3.07. The van der Waals surface area contributed by atoms with E-state index in [9.17, 15) is 15.0 Å². The summed E-state index contributed by atoms with van der Waals surface area (Å²) in [4.78, 5) is 12.7. The van der Waals surface area contributed by atoms with E-state index in [4.69, 9.17) is 0 Å². The summed E-state index contributed by atoms with van der Waals surface area (Å²) in [5, 5.41) is 22.9. The summed E-state index contributed by atoms with van der Waals surface area (Å²) < 4.78 is 0. The van der Waals surface area contributed by atoms with Gasteiger partial charge in [0, 0.05) is 12.8 Å². The van der Waals surface area contributed by atoms with Crippen LogP contribution >= 0.6 is 0 Å². The van der Waals surface area contributed by atoms with Gasteiger partial charge in [0.2, 0.25) is 0 Å². The summed E-state index contributed by atoms with van der Waals surface area (Å²) in [5.74, 6) is 4.54. The Morgan fingerprint density at radius 3 is 2.36 bits per heavy atom. The van der Waals surface area contributed by atoms with E-state index in [0.717, 1.165) is 37.0 Å². The minimum Gasteiger partial charge on any atom is -0.393 e. The minimum absolute atomic E-state index is 0.0263. The highest BCUT2D eigenvalue weighted by atomic mass is 16.3. The molecule has 3 heteroatoms. The van der Waals surface area contributed by atoms with Crippen LogP contribution in [0.4, 0.5) is 0 Å². The summed E-state index contributed by atoms with van der Waals surface area (Å²) in [5.41, 5.74) is -0.425. The molecule has 0 bridgehead atoms. The van der Waals surface area contributed by atoms with E-state index in [1.165, 1.54) is 44.9 Å². The second-order valence-corrected chi connectivity index (χ2v) is 14.4. The van der Waals surface area contributed by atoms with Crippen molar-refractivity contribution >= 4 is 5.78 Å². The summed E-state index contributed by atoms with van der Waals surface area (Å²) in [6, 6.07) is 0. The quantitative estimate of drug-likeness (QED) is 0.501. The molecule has 11 atom stereocenters. The molecular formula is C30H50O3. The van der Waals surface area contributed by atoms with Gasteiger partial charge in [-0.3, -0.25) is 4.79 Å². The number of hydrogen-bond acceptors (Lipinski definition) is 3. The van der Waals surface area contributed by atoms with Crippen molar-refractivity contribution < 1.29 is 15.0 Å². The Morgan fingerprint density at radius 2 is 1.64 bits per heavy atom. The number of carbonyl (C=O) groups excluding carboxylic acids is 1. The average molecular weight is 459 g/mol. The van der Waals surface area contributed by atoms with Crippen LogP contribution in [0.1, 0.15) is 112 Å². The van der Waals surface area contributed by atoms with Crippen molar-refractivity contribution in [1.82, 2.24) is 0 Å². The fourth-order valence-corrected chi connectivity index (χ4v) is 11.0. The molecule has 33 heavy (non-hydrogen) atoms. The molecule has 5 aliphatic carbocycles. The zero-order chi connectivity index (χ0) is 23.8. The van der Waals surface area contributed by atoms with Crippen molar-refractivity contribution in [3.63, 3.8) is 0 Å². The van der Waals surface area contributed by atoms with Crippen molar-refractivity contribution in [3.8, 4) is 0 Å². The predicted molar refractivity (Wildman–Crippen MR) is 133 cm³/mol. The van der Waals surface area contributed by atoms with E-state index in [1.807, 2.05) is 0 Å². The fourth-order valence-electron chi connectivity index (χ4n) is 11.0. The summed E-state index contributed by atoms with van der Waals surface area (Å²) >= 11 is 0. The van der Waals surface area contributed by atoms with E-state index >= 15 is 0 Å². The molecule has 0 aliphatic heterocycles. The molecule has 0 saturated heterocycles. The Bertz CT molecular complexity index is 762. The van der Waals surface area contributed by atoms with Gasteiger partial charge in [0.1, 0.15) is 5.78 Å². The van der Waals surface area contributed by atoms with Crippen molar-refractivity contribution in [2.75, 3.05) is 0 Å². The van der Waals surface area contributed by atoms with Crippen LogP contribution in [0.5, 0.6) is 0 Å². The van der Waals surface area contributed by atoms with Gasteiger partial charge in [0.25, 0.3) is 0 Å². The van der Waals surface area contributed by atoms with E-state index in [1.54, 1.807) is 0 Å². The molecule has 5 rings (SSSR count).